The van der Waals surface area contributed by atoms with E-state index < -0.39 is 6.09 Å². The number of rotatable bonds is 3. The van der Waals surface area contributed by atoms with Crippen LogP contribution in [-0.4, -0.2) is 12.4 Å². The standard InChI is InChI=1S/C14H9Cl2NO3/c15-12-6-3-10(7-13(12)16)17-14(19)20-11-4-1-9(8-18)2-5-11/h1-8H,(H,17,19). The second kappa shape index (κ2) is 6.41. The summed E-state index contributed by atoms with van der Waals surface area (Å²) >= 11 is 11.6. The number of carbonyl (C=O) groups is 2. The van der Waals surface area contributed by atoms with Gasteiger partial charge in [0.15, 0.2) is 0 Å². The van der Waals surface area contributed by atoms with E-state index in [0.29, 0.717) is 33.3 Å². The first-order valence-corrected chi connectivity index (χ1v) is 6.33. The SMILES string of the molecule is O=Cc1ccc(OC(=O)Nc2ccc(Cl)c(Cl)c2)cc1. The molecule has 2 rings (SSSR count). The van der Waals surface area contributed by atoms with Crippen molar-refractivity contribution >= 4 is 41.3 Å². The van der Waals surface area contributed by atoms with Gasteiger partial charge in [-0.05, 0) is 42.5 Å². The van der Waals surface area contributed by atoms with Gasteiger partial charge in [-0.15, -0.1) is 0 Å². The number of hydrogen-bond acceptors (Lipinski definition) is 3. The van der Waals surface area contributed by atoms with E-state index in [1.165, 1.54) is 18.2 Å². The fraction of sp³-hybridized carbons (Fsp3) is 0. The van der Waals surface area contributed by atoms with Gasteiger partial charge in [-0.25, -0.2) is 4.79 Å². The smallest absolute Gasteiger partial charge is 0.410 e. The minimum atomic E-state index is -0.665. The summed E-state index contributed by atoms with van der Waals surface area (Å²) < 4.78 is 5.05. The molecule has 102 valence electrons. The van der Waals surface area contributed by atoms with Gasteiger partial charge in [0, 0.05) is 11.3 Å². The Bertz CT molecular complexity index is 641. The van der Waals surface area contributed by atoms with Gasteiger partial charge >= 0.3 is 6.09 Å². The largest absolute Gasteiger partial charge is 0.417 e. The number of aldehydes is 1. The van der Waals surface area contributed by atoms with Gasteiger partial charge in [0.05, 0.1) is 10.0 Å². The fourth-order valence-corrected chi connectivity index (χ4v) is 1.74. The van der Waals surface area contributed by atoms with Crippen LogP contribution < -0.4 is 10.1 Å². The lowest BCUT2D eigenvalue weighted by atomic mass is 10.2. The van der Waals surface area contributed by atoms with E-state index in [1.54, 1.807) is 24.3 Å². The lowest BCUT2D eigenvalue weighted by Gasteiger charge is -2.07. The molecule has 0 unspecified atom stereocenters. The summed E-state index contributed by atoms with van der Waals surface area (Å²) in [7, 11) is 0. The Morgan fingerprint density at radius 1 is 1.05 bits per heavy atom. The highest BCUT2D eigenvalue weighted by Gasteiger charge is 2.06. The van der Waals surface area contributed by atoms with Gasteiger partial charge in [0.2, 0.25) is 0 Å². The van der Waals surface area contributed by atoms with Crippen LogP contribution >= 0.6 is 23.2 Å². The van der Waals surface area contributed by atoms with E-state index in [2.05, 4.69) is 5.32 Å². The Balaban J connectivity index is 2.00. The van der Waals surface area contributed by atoms with Crippen LogP contribution in [0.25, 0.3) is 0 Å². The third kappa shape index (κ3) is 3.73. The van der Waals surface area contributed by atoms with Gasteiger partial charge in [-0.2, -0.15) is 0 Å². The van der Waals surface area contributed by atoms with Crippen LogP contribution in [0.4, 0.5) is 10.5 Å². The van der Waals surface area contributed by atoms with Crippen LogP contribution in [0.15, 0.2) is 42.5 Å². The first-order chi connectivity index (χ1) is 9.58. The van der Waals surface area contributed by atoms with Gasteiger partial charge in [0.25, 0.3) is 0 Å². The molecular weight excluding hydrogens is 301 g/mol. The van der Waals surface area contributed by atoms with Crippen LogP contribution in [0.3, 0.4) is 0 Å². The third-order valence-electron chi connectivity index (χ3n) is 2.39. The molecule has 2 aromatic rings. The van der Waals surface area contributed by atoms with Crippen LogP contribution in [0.1, 0.15) is 10.4 Å². The maximum Gasteiger partial charge on any atom is 0.417 e. The molecule has 1 N–H and O–H groups in total. The Labute approximate surface area is 125 Å². The Morgan fingerprint density at radius 3 is 2.35 bits per heavy atom. The number of amides is 1. The van der Waals surface area contributed by atoms with E-state index >= 15 is 0 Å². The van der Waals surface area contributed by atoms with Crippen molar-refractivity contribution in [1.29, 1.82) is 0 Å². The van der Waals surface area contributed by atoms with Gasteiger partial charge in [-0.3, -0.25) is 10.1 Å². The van der Waals surface area contributed by atoms with Crippen molar-refractivity contribution in [3.8, 4) is 5.75 Å². The molecule has 0 atom stereocenters. The highest BCUT2D eigenvalue weighted by Crippen LogP contribution is 2.25. The van der Waals surface area contributed by atoms with Crippen LogP contribution in [0, 0.1) is 0 Å². The van der Waals surface area contributed by atoms with E-state index in [4.69, 9.17) is 27.9 Å². The van der Waals surface area contributed by atoms with E-state index in [9.17, 15) is 9.59 Å². The zero-order chi connectivity index (χ0) is 14.5. The summed E-state index contributed by atoms with van der Waals surface area (Å²) in [5, 5.41) is 3.24. The summed E-state index contributed by atoms with van der Waals surface area (Å²) in [6, 6.07) is 10.8. The quantitative estimate of drug-likeness (QED) is 0.854. The van der Waals surface area contributed by atoms with Gasteiger partial charge < -0.3 is 4.74 Å². The molecule has 6 heteroatoms. The summed E-state index contributed by atoms with van der Waals surface area (Å²) in [5.41, 5.74) is 0.969. The molecule has 0 saturated carbocycles. The first kappa shape index (κ1) is 14.4. The van der Waals surface area contributed by atoms with Crippen molar-refractivity contribution in [2.45, 2.75) is 0 Å². The summed E-state index contributed by atoms with van der Waals surface area (Å²) in [4.78, 5) is 22.2. The van der Waals surface area contributed by atoms with E-state index in [1.807, 2.05) is 0 Å². The van der Waals surface area contributed by atoms with Crippen LogP contribution in [-0.2, 0) is 0 Å². The molecular formula is C14H9Cl2NO3. The molecule has 0 heterocycles. The number of halogens is 2. The molecule has 0 aliphatic heterocycles. The van der Waals surface area contributed by atoms with E-state index in [0.717, 1.165) is 0 Å². The molecule has 0 fully saturated rings. The zero-order valence-corrected chi connectivity index (χ0v) is 11.6. The molecule has 2 aromatic carbocycles. The van der Waals surface area contributed by atoms with Crippen LogP contribution in [0.5, 0.6) is 5.75 Å². The predicted octanol–water partition coefficient (Wildman–Crippen LogP) is 4.42. The molecule has 0 aromatic heterocycles. The van der Waals surface area contributed by atoms with Gasteiger partial charge in [0.1, 0.15) is 12.0 Å². The number of anilines is 1. The summed E-state index contributed by atoms with van der Waals surface area (Å²) in [6.45, 7) is 0. The Hall–Kier alpha value is -2.04. The highest BCUT2D eigenvalue weighted by molar-refractivity contribution is 6.42. The fourth-order valence-electron chi connectivity index (χ4n) is 1.44. The molecule has 0 saturated heterocycles. The minimum absolute atomic E-state index is 0.327. The van der Waals surface area contributed by atoms with Crippen molar-refractivity contribution in [2.24, 2.45) is 0 Å². The Kier molecular flexibility index (Phi) is 4.61. The number of carbonyl (C=O) groups excluding carboxylic acids is 2. The molecule has 0 radical (unpaired) electrons. The number of benzene rings is 2. The summed E-state index contributed by atoms with van der Waals surface area (Å²) in [5.74, 6) is 0.327. The van der Waals surface area contributed by atoms with Crippen molar-refractivity contribution in [1.82, 2.24) is 0 Å². The monoisotopic (exact) mass is 309 g/mol. The average Bonchev–Trinajstić information content (AvgIpc) is 2.44. The molecule has 4 nitrogen and oxygen atoms in total. The van der Waals surface area contributed by atoms with E-state index in [-0.39, 0.29) is 0 Å². The zero-order valence-electron chi connectivity index (χ0n) is 10.1. The van der Waals surface area contributed by atoms with Crippen LogP contribution in [0.2, 0.25) is 10.0 Å². The number of hydrogen-bond donors (Lipinski definition) is 1. The Morgan fingerprint density at radius 2 is 1.75 bits per heavy atom. The van der Waals surface area contributed by atoms with Gasteiger partial charge in [-0.1, -0.05) is 23.2 Å². The number of ether oxygens (including phenoxy) is 1. The third-order valence-corrected chi connectivity index (χ3v) is 3.13. The minimum Gasteiger partial charge on any atom is -0.410 e. The molecule has 0 aliphatic carbocycles. The topological polar surface area (TPSA) is 55.4 Å². The second-order valence-corrected chi connectivity index (χ2v) is 4.64. The lowest BCUT2D eigenvalue weighted by Crippen LogP contribution is -2.16. The summed E-state index contributed by atoms with van der Waals surface area (Å²) in [6.07, 6.45) is 0.0433. The maximum atomic E-state index is 11.7. The van der Waals surface area contributed by atoms with Crippen molar-refractivity contribution < 1.29 is 14.3 Å². The molecule has 0 aliphatic rings. The average molecular weight is 310 g/mol. The molecule has 1 amide bonds. The lowest BCUT2D eigenvalue weighted by molar-refractivity contribution is 0.112. The maximum absolute atomic E-state index is 11.7. The normalized spacial score (nSPS) is 9.90. The van der Waals surface area contributed by atoms with Crippen molar-refractivity contribution in [2.75, 3.05) is 5.32 Å². The molecule has 0 bridgehead atoms. The predicted molar refractivity (Wildman–Crippen MR) is 77.9 cm³/mol. The van der Waals surface area contributed by atoms with Crippen molar-refractivity contribution in [3.63, 3.8) is 0 Å². The first-order valence-electron chi connectivity index (χ1n) is 5.57. The molecule has 0 spiro atoms. The highest BCUT2D eigenvalue weighted by atomic mass is 35.5. The van der Waals surface area contributed by atoms with Crippen molar-refractivity contribution in [3.05, 3.63) is 58.1 Å². The number of nitrogens with one attached hydrogen (secondary N) is 1. The molecule has 20 heavy (non-hydrogen) atoms. The second-order valence-electron chi connectivity index (χ2n) is 3.83.